The highest BCUT2D eigenvalue weighted by molar-refractivity contribution is 5.63. The Labute approximate surface area is 191 Å². The maximum atomic E-state index is 15.0. The van der Waals surface area contributed by atoms with E-state index in [0.717, 1.165) is 26.2 Å². The summed E-state index contributed by atoms with van der Waals surface area (Å²) in [5.74, 6) is 1.57. The van der Waals surface area contributed by atoms with Crippen LogP contribution in [0.25, 0.3) is 0 Å². The fourth-order valence-corrected chi connectivity index (χ4v) is 5.64. The maximum Gasteiger partial charge on any atom is 0.148 e. The molecule has 4 atom stereocenters. The lowest BCUT2D eigenvalue weighted by molar-refractivity contribution is 0.102. The van der Waals surface area contributed by atoms with Gasteiger partial charge in [0.25, 0.3) is 0 Å². The summed E-state index contributed by atoms with van der Waals surface area (Å²) in [6.45, 7) is 3.36. The first-order valence-corrected chi connectivity index (χ1v) is 11.6. The summed E-state index contributed by atoms with van der Waals surface area (Å²) in [6.07, 6.45) is 2.47. The van der Waals surface area contributed by atoms with Crippen LogP contribution >= 0.6 is 0 Å². The minimum Gasteiger partial charge on any atom is -0.372 e. The van der Waals surface area contributed by atoms with E-state index < -0.39 is 11.6 Å². The van der Waals surface area contributed by atoms with Crippen LogP contribution in [0, 0.1) is 58.0 Å². The van der Waals surface area contributed by atoms with Crippen molar-refractivity contribution < 1.29 is 13.5 Å². The molecule has 0 radical (unpaired) electrons. The average Bonchev–Trinajstić information content (AvgIpc) is 3.66. The fourth-order valence-electron chi connectivity index (χ4n) is 5.64. The van der Waals surface area contributed by atoms with Crippen molar-refractivity contribution in [3.63, 3.8) is 0 Å². The van der Waals surface area contributed by atoms with Crippen molar-refractivity contribution in [1.29, 1.82) is 10.5 Å². The van der Waals surface area contributed by atoms with Gasteiger partial charge < -0.3 is 14.5 Å². The molecule has 4 unspecified atom stereocenters. The van der Waals surface area contributed by atoms with Crippen LogP contribution in [0.1, 0.15) is 35.1 Å². The normalized spacial score (nSPS) is 26.5. The van der Waals surface area contributed by atoms with Crippen LogP contribution in [0.5, 0.6) is 0 Å². The summed E-state index contributed by atoms with van der Waals surface area (Å²) in [7, 11) is 0. The van der Waals surface area contributed by atoms with E-state index in [1.54, 1.807) is 24.3 Å². The Hall–Kier alpha value is -3.16. The monoisotopic (exact) mass is 446 g/mol. The number of fused-ring (bicyclic) bond motifs is 2. The van der Waals surface area contributed by atoms with Gasteiger partial charge in [0.15, 0.2) is 0 Å². The van der Waals surface area contributed by atoms with Crippen molar-refractivity contribution >= 4 is 11.4 Å². The van der Waals surface area contributed by atoms with Gasteiger partial charge in [-0.1, -0.05) is 12.1 Å². The van der Waals surface area contributed by atoms with E-state index in [1.807, 2.05) is 12.1 Å². The quantitative estimate of drug-likeness (QED) is 0.661. The Morgan fingerprint density at radius 3 is 1.48 bits per heavy atom. The van der Waals surface area contributed by atoms with Gasteiger partial charge in [-0.15, -0.1) is 0 Å². The molecule has 0 N–H and O–H groups in total. The number of ether oxygens (including phenoxy) is 1. The molecule has 0 spiro atoms. The average molecular weight is 447 g/mol. The first-order valence-electron chi connectivity index (χ1n) is 11.6. The third kappa shape index (κ3) is 3.52. The van der Waals surface area contributed by atoms with Gasteiger partial charge in [0.05, 0.1) is 24.6 Å². The van der Waals surface area contributed by atoms with Crippen LogP contribution in [0.4, 0.5) is 20.2 Å². The van der Waals surface area contributed by atoms with Gasteiger partial charge in [-0.25, -0.2) is 8.78 Å². The van der Waals surface area contributed by atoms with Crippen molar-refractivity contribution in [1.82, 2.24) is 0 Å². The summed E-state index contributed by atoms with van der Waals surface area (Å²) in [5, 5.41) is 19.1. The Morgan fingerprint density at radius 1 is 0.727 bits per heavy atom. The molecular weight excluding hydrogens is 422 g/mol. The molecular formula is C26H24F2N4O. The van der Waals surface area contributed by atoms with Gasteiger partial charge in [0.1, 0.15) is 34.9 Å². The molecule has 33 heavy (non-hydrogen) atoms. The lowest BCUT2D eigenvalue weighted by Gasteiger charge is -2.23. The van der Waals surface area contributed by atoms with Crippen LogP contribution in [0.15, 0.2) is 24.3 Å². The highest BCUT2D eigenvalue weighted by atomic mass is 19.1. The Kier molecular flexibility index (Phi) is 4.78. The molecule has 2 aliphatic heterocycles. The van der Waals surface area contributed by atoms with E-state index in [0.29, 0.717) is 35.0 Å². The summed E-state index contributed by atoms with van der Waals surface area (Å²) < 4.78 is 35.7. The van der Waals surface area contributed by atoms with Gasteiger partial charge in [-0.05, 0) is 48.6 Å². The number of hydrogen-bond donors (Lipinski definition) is 0. The van der Waals surface area contributed by atoms with Crippen molar-refractivity contribution in [3.05, 3.63) is 58.2 Å². The summed E-state index contributed by atoms with van der Waals surface area (Å²) in [4.78, 5) is 4.19. The van der Waals surface area contributed by atoms with E-state index >= 15 is 8.78 Å². The molecule has 0 aromatic heterocycles. The van der Waals surface area contributed by atoms with Gasteiger partial charge in [0, 0.05) is 37.3 Å². The minimum atomic E-state index is -0.572. The molecule has 4 fully saturated rings. The SMILES string of the molecule is N#Cc1c(N2CC3CC3C2)ccc(COCc2ccc(N3CC4CC4C3)c(C#N)c2F)c1F. The summed E-state index contributed by atoms with van der Waals surface area (Å²) >= 11 is 0. The first kappa shape index (κ1) is 20.4. The van der Waals surface area contributed by atoms with Crippen LogP contribution in [-0.4, -0.2) is 26.2 Å². The zero-order valence-electron chi connectivity index (χ0n) is 18.2. The van der Waals surface area contributed by atoms with Gasteiger partial charge in [0.2, 0.25) is 0 Å². The van der Waals surface area contributed by atoms with Crippen molar-refractivity contribution in [3.8, 4) is 12.1 Å². The number of benzene rings is 2. The molecule has 2 saturated carbocycles. The van der Waals surface area contributed by atoms with Crippen LogP contribution < -0.4 is 9.80 Å². The van der Waals surface area contributed by atoms with Gasteiger partial charge in [-0.2, -0.15) is 10.5 Å². The molecule has 2 saturated heterocycles. The number of nitrogens with zero attached hydrogens (tertiary/aromatic N) is 4. The van der Waals surface area contributed by atoms with E-state index in [4.69, 9.17) is 4.74 Å². The highest BCUT2D eigenvalue weighted by Crippen LogP contribution is 2.48. The number of hydrogen-bond acceptors (Lipinski definition) is 5. The summed E-state index contributed by atoms with van der Waals surface area (Å²) in [6, 6.07) is 10.9. The molecule has 6 rings (SSSR count). The van der Waals surface area contributed by atoms with E-state index in [9.17, 15) is 10.5 Å². The van der Waals surface area contributed by atoms with E-state index in [2.05, 4.69) is 9.80 Å². The number of anilines is 2. The van der Waals surface area contributed by atoms with Gasteiger partial charge in [-0.3, -0.25) is 0 Å². The Balaban J connectivity index is 1.15. The van der Waals surface area contributed by atoms with Crippen molar-refractivity contribution in [2.45, 2.75) is 26.1 Å². The second kappa shape index (κ2) is 7.71. The fraction of sp³-hybridized carbons (Fsp3) is 0.462. The van der Waals surface area contributed by atoms with E-state index in [-0.39, 0.29) is 35.5 Å². The van der Waals surface area contributed by atoms with Crippen LogP contribution in [0.2, 0.25) is 0 Å². The molecule has 5 nitrogen and oxygen atoms in total. The molecule has 2 heterocycles. The molecule has 0 bridgehead atoms. The number of nitriles is 2. The topological polar surface area (TPSA) is 63.3 Å². The zero-order valence-corrected chi connectivity index (χ0v) is 18.2. The second-order valence-corrected chi connectivity index (χ2v) is 9.90. The third-order valence-corrected chi connectivity index (χ3v) is 7.78. The number of halogens is 2. The lowest BCUT2D eigenvalue weighted by atomic mass is 10.1. The number of piperidine rings is 2. The molecule has 2 aromatic carbocycles. The van der Waals surface area contributed by atoms with Crippen molar-refractivity contribution in [2.24, 2.45) is 23.7 Å². The van der Waals surface area contributed by atoms with Crippen LogP contribution in [-0.2, 0) is 18.0 Å². The Morgan fingerprint density at radius 2 is 1.12 bits per heavy atom. The van der Waals surface area contributed by atoms with E-state index in [1.165, 1.54) is 12.8 Å². The smallest absolute Gasteiger partial charge is 0.148 e. The van der Waals surface area contributed by atoms with Crippen molar-refractivity contribution in [2.75, 3.05) is 36.0 Å². The largest absolute Gasteiger partial charge is 0.372 e. The lowest BCUT2D eigenvalue weighted by Crippen LogP contribution is -2.23. The first-order chi connectivity index (χ1) is 16.1. The second-order valence-electron chi connectivity index (χ2n) is 9.90. The highest BCUT2D eigenvalue weighted by Gasteiger charge is 2.46. The molecule has 2 aromatic rings. The predicted molar refractivity (Wildman–Crippen MR) is 118 cm³/mol. The molecule has 0 amide bonds. The molecule has 168 valence electrons. The standard InChI is InChI=1S/C26H24F2N4O/c27-25-15(1-3-23(21(25)7-29)31-9-17-5-18(17)10-31)13-33-14-16-2-4-24(22(8-30)26(16)28)32-11-19-6-20(19)12-32/h1-4,17-20H,5-6,9-14H2. The Bertz CT molecular complexity index is 1100. The molecule has 7 heteroatoms. The molecule has 2 aliphatic carbocycles. The van der Waals surface area contributed by atoms with Gasteiger partial charge >= 0.3 is 0 Å². The summed E-state index contributed by atoms with van der Waals surface area (Å²) in [5.41, 5.74) is 1.92. The third-order valence-electron chi connectivity index (χ3n) is 7.78. The maximum absolute atomic E-state index is 15.0. The molecule has 4 aliphatic rings. The zero-order chi connectivity index (χ0) is 22.7. The minimum absolute atomic E-state index is 0.0448. The number of rotatable bonds is 6. The van der Waals surface area contributed by atoms with Crippen LogP contribution in [0.3, 0.4) is 0 Å². The predicted octanol–water partition coefficient (Wildman–Crippen LogP) is 4.34.